The molecule has 0 aliphatic rings. The Morgan fingerprint density at radius 3 is 2.65 bits per heavy atom. The minimum Gasteiger partial charge on any atom is -0.493 e. The highest BCUT2D eigenvalue weighted by Crippen LogP contribution is 2.20. The molecule has 0 saturated carbocycles. The minimum atomic E-state index is -2.99. The van der Waals surface area contributed by atoms with Crippen molar-refractivity contribution in [3.05, 3.63) is 29.3 Å². The molecule has 2 N–H and O–H groups in total. The summed E-state index contributed by atoms with van der Waals surface area (Å²) in [6, 6.07) is 6.06. The molecule has 0 spiro atoms. The summed E-state index contributed by atoms with van der Waals surface area (Å²) in [5, 5.41) is 6.21. The molecule has 0 radical (unpaired) electrons. The maximum absolute atomic E-state index is 11.5. The van der Waals surface area contributed by atoms with E-state index in [1.807, 2.05) is 25.1 Å². The summed E-state index contributed by atoms with van der Waals surface area (Å²) in [6.07, 6.45) is 0.826. The molecule has 26 heavy (non-hydrogen) atoms. The summed E-state index contributed by atoms with van der Waals surface area (Å²) in [6.45, 7) is 5.77. The summed E-state index contributed by atoms with van der Waals surface area (Å²) in [5.41, 5.74) is 2.14. The van der Waals surface area contributed by atoms with Crippen LogP contribution in [0.3, 0.4) is 0 Å². The van der Waals surface area contributed by atoms with Gasteiger partial charge in [0.2, 0.25) is 0 Å². The lowest BCUT2D eigenvalue weighted by atomic mass is 10.1. The van der Waals surface area contributed by atoms with Gasteiger partial charge in [-0.3, -0.25) is 4.99 Å². The van der Waals surface area contributed by atoms with Crippen molar-refractivity contribution in [3.63, 3.8) is 0 Å². The fourth-order valence-corrected chi connectivity index (χ4v) is 2.90. The van der Waals surface area contributed by atoms with E-state index in [9.17, 15) is 8.42 Å². The van der Waals surface area contributed by atoms with E-state index in [1.165, 1.54) is 0 Å². The number of methoxy groups -OCH3 is 1. The molecule has 0 fully saturated rings. The predicted molar refractivity (Wildman–Crippen MR) is 106 cm³/mol. The van der Waals surface area contributed by atoms with Gasteiger partial charge in [-0.05, 0) is 18.6 Å². The number of sulfone groups is 1. The van der Waals surface area contributed by atoms with Crippen LogP contribution < -0.4 is 15.4 Å². The minimum absolute atomic E-state index is 0.0859. The van der Waals surface area contributed by atoms with Crippen LogP contribution in [0.25, 0.3) is 0 Å². The number of aryl methyl sites for hydroxylation is 1. The average molecular weight is 386 g/mol. The first-order valence-corrected chi connectivity index (χ1v) is 10.6. The number of hydrogen-bond donors (Lipinski definition) is 2. The van der Waals surface area contributed by atoms with Gasteiger partial charge in [0.05, 0.1) is 12.4 Å². The summed E-state index contributed by atoms with van der Waals surface area (Å²) in [7, 11) is 0.334. The zero-order valence-corrected chi connectivity index (χ0v) is 17.0. The Hall–Kier alpha value is -1.80. The topological polar surface area (TPSA) is 89.0 Å². The van der Waals surface area contributed by atoms with E-state index in [1.54, 1.807) is 21.1 Å². The molecule has 0 saturated heterocycles. The molecule has 0 heterocycles. The SMILES string of the molecule is CCS(=O)(=O)CCNC(=NC)NCc1ccc(C)cc1OCCCOC. The van der Waals surface area contributed by atoms with E-state index >= 15 is 0 Å². The lowest BCUT2D eigenvalue weighted by Gasteiger charge is -2.15. The first-order chi connectivity index (χ1) is 12.4. The van der Waals surface area contributed by atoms with Crippen molar-refractivity contribution in [2.24, 2.45) is 4.99 Å². The monoisotopic (exact) mass is 385 g/mol. The second-order valence-corrected chi connectivity index (χ2v) is 8.37. The quantitative estimate of drug-likeness (QED) is 0.341. The zero-order chi connectivity index (χ0) is 19.4. The number of hydrogen-bond acceptors (Lipinski definition) is 5. The molecule has 0 aromatic heterocycles. The molecule has 0 amide bonds. The third kappa shape index (κ3) is 8.53. The number of rotatable bonds is 11. The van der Waals surface area contributed by atoms with E-state index in [0.29, 0.717) is 32.3 Å². The van der Waals surface area contributed by atoms with Crippen molar-refractivity contribution in [1.29, 1.82) is 0 Å². The normalized spacial score (nSPS) is 12.1. The van der Waals surface area contributed by atoms with Crippen molar-refractivity contribution in [2.75, 3.05) is 45.4 Å². The summed E-state index contributed by atoms with van der Waals surface area (Å²) >= 11 is 0. The highest BCUT2D eigenvalue weighted by Gasteiger charge is 2.09. The van der Waals surface area contributed by atoms with Crippen LogP contribution in [0.2, 0.25) is 0 Å². The largest absolute Gasteiger partial charge is 0.493 e. The Balaban J connectivity index is 2.58. The van der Waals surface area contributed by atoms with Crippen molar-refractivity contribution in [2.45, 2.75) is 26.8 Å². The Morgan fingerprint density at radius 1 is 1.23 bits per heavy atom. The molecule has 1 aromatic rings. The van der Waals surface area contributed by atoms with Gasteiger partial charge in [0.25, 0.3) is 0 Å². The first-order valence-electron chi connectivity index (χ1n) is 8.78. The number of benzene rings is 1. The van der Waals surface area contributed by atoms with Crippen LogP contribution in [0.1, 0.15) is 24.5 Å². The van der Waals surface area contributed by atoms with Crippen LogP contribution in [-0.2, 0) is 21.1 Å². The Labute approximate surface area is 157 Å². The Kier molecular flexibility index (Phi) is 10.0. The highest BCUT2D eigenvalue weighted by molar-refractivity contribution is 7.91. The zero-order valence-electron chi connectivity index (χ0n) is 16.2. The number of ether oxygens (including phenoxy) is 2. The molecule has 8 heteroatoms. The molecular formula is C18H31N3O4S. The van der Waals surface area contributed by atoms with Crippen LogP contribution in [0.5, 0.6) is 5.75 Å². The fraction of sp³-hybridized carbons (Fsp3) is 0.611. The number of guanidine groups is 1. The van der Waals surface area contributed by atoms with E-state index in [2.05, 4.69) is 15.6 Å². The molecule has 0 unspecified atom stereocenters. The fourth-order valence-electron chi connectivity index (χ4n) is 2.20. The molecule has 0 aliphatic heterocycles. The molecule has 0 atom stereocenters. The summed E-state index contributed by atoms with van der Waals surface area (Å²) < 4.78 is 34.0. The van der Waals surface area contributed by atoms with Gasteiger partial charge in [-0.2, -0.15) is 0 Å². The maximum atomic E-state index is 11.5. The van der Waals surface area contributed by atoms with E-state index in [-0.39, 0.29) is 11.5 Å². The summed E-state index contributed by atoms with van der Waals surface area (Å²) in [4.78, 5) is 4.12. The molecule has 0 aliphatic carbocycles. The maximum Gasteiger partial charge on any atom is 0.191 e. The second kappa shape index (κ2) is 11.7. The first kappa shape index (κ1) is 22.2. The molecule has 0 bridgehead atoms. The average Bonchev–Trinajstić information content (AvgIpc) is 2.62. The highest BCUT2D eigenvalue weighted by atomic mass is 32.2. The lowest BCUT2D eigenvalue weighted by Crippen LogP contribution is -2.39. The van der Waals surface area contributed by atoms with Gasteiger partial charge < -0.3 is 20.1 Å². The molecule has 7 nitrogen and oxygen atoms in total. The van der Waals surface area contributed by atoms with Crippen LogP contribution in [0.4, 0.5) is 0 Å². The van der Waals surface area contributed by atoms with Crippen LogP contribution in [-0.4, -0.2) is 59.8 Å². The van der Waals surface area contributed by atoms with E-state index in [0.717, 1.165) is 23.3 Å². The van der Waals surface area contributed by atoms with Crippen molar-refractivity contribution in [1.82, 2.24) is 10.6 Å². The van der Waals surface area contributed by atoms with Crippen molar-refractivity contribution in [3.8, 4) is 5.75 Å². The number of nitrogens with one attached hydrogen (secondary N) is 2. The molecule has 1 rings (SSSR count). The molecule has 148 valence electrons. The Morgan fingerprint density at radius 2 is 2.00 bits per heavy atom. The van der Waals surface area contributed by atoms with Gasteiger partial charge >= 0.3 is 0 Å². The van der Waals surface area contributed by atoms with Crippen LogP contribution in [0.15, 0.2) is 23.2 Å². The number of aliphatic imine (C=N–C) groups is 1. The molecular weight excluding hydrogens is 354 g/mol. The van der Waals surface area contributed by atoms with Gasteiger partial charge in [-0.25, -0.2) is 8.42 Å². The van der Waals surface area contributed by atoms with Gasteiger partial charge in [-0.1, -0.05) is 19.1 Å². The van der Waals surface area contributed by atoms with Crippen LogP contribution in [0, 0.1) is 6.92 Å². The van der Waals surface area contributed by atoms with Gasteiger partial charge in [0.1, 0.15) is 5.75 Å². The smallest absolute Gasteiger partial charge is 0.191 e. The third-order valence-electron chi connectivity index (χ3n) is 3.79. The third-order valence-corrected chi connectivity index (χ3v) is 5.49. The molecule has 1 aromatic carbocycles. The van der Waals surface area contributed by atoms with E-state index < -0.39 is 9.84 Å². The summed E-state index contributed by atoms with van der Waals surface area (Å²) in [5.74, 6) is 1.62. The van der Waals surface area contributed by atoms with E-state index in [4.69, 9.17) is 9.47 Å². The standard InChI is InChI=1S/C18H31N3O4S/c1-5-26(22,23)12-9-20-18(19-3)21-14-16-8-7-15(2)13-17(16)25-11-6-10-24-4/h7-8,13H,5-6,9-12,14H2,1-4H3,(H2,19,20,21). The lowest BCUT2D eigenvalue weighted by molar-refractivity contribution is 0.171. The second-order valence-electron chi connectivity index (χ2n) is 5.89. The Bertz CT molecular complexity index is 675. The van der Waals surface area contributed by atoms with Gasteiger partial charge in [-0.15, -0.1) is 0 Å². The van der Waals surface area contributed by atoms with Gasteiger partial charge in [0.15, 0.2) is 15.8 Å². The predicted octanol–water partition coefficient (Wildman–Crippen LogP) is 1.51. The van der Waals surface area contributed by atoms with Crippen molar-refractivity contribution >= 4 is 15.8 Å². The van der Waals surface area contributed by atoms with Crippen LogP contribution >= 0.6 is 0 Å². The number of nitrogens with zero attached hydrogens (tertiary/aromatic N) is 1. The van der Waals surface area contributed by atoms with Crippen molar-refractivity contribution < 1.29 is 17.9 Å². The van der Waals surface area contributed by atoms with Gasteiger partial charge in [0, 0.05) is 51.6 Å².